The Labute approximate surface area is 124 Å². The fourth-order valence-electron chi connectivity index (χ4n) is 2.42. The van der Waals surface area contributed by atoms with Crippen LogP contribution in [0.5, 0.6) is 0 Å². The van der Waals surface area contributed by atoms with Gasteiger partial charge in [-0.15, -0.1) is 11.8 Å². The van der Waals surface area contributed by atoms with Gasteiger partial charge in [-0.25, -0.2) is 4.98 Å². The van der Waals surface area contributed by atoms with Gasteiger partial charge in [0.1, 0.15) is 5.54 Å². The van der Waals surface area contributed by atoms with E-state index >= 15 is 0 Å². The summed E-state index contributed by atoms with van der Waals surface area (Å²) in [7, 11) is 1.61. The molecule has 1 fully saturated rings. The third-order valence-corrected chi connectivity index (χ3v) is 4.93. The molecule has 1 heterocycles. The normalized spacial score (nSPS) is 26.0. The maximum Gasteiger partial charge on any atom is 0.417 e. The summed E-state index contributed by atoms with van der Waals surface area (Å²) in [5.41, 5.74) is -1.72. The van der Waals surface area contributed by atoms with Crippen LogP contribution in [0.3, 0.4) is 0 Å². The molecule has 116 valence electrons. The molecule has 0 spiro atoms. The van der Waals surface area contributed by atoms with Crippen LogP contribution in [0.4, 0.5) is 13.2 Å². The summed E-state index contributed by atoms with van der Waals surface area (Å²) in [6.45, 7) is 0. The number of nitrogens with zero attached hydrogens (tertiary/aromatic N) is 1. The van der Waals surface area contributed by atoms with Crippen LogP contribution in [0, 0.1) is 0 Å². The van der Waals surface area contributed by atoms with Crippen molar-refractivity contribution in [3.8, 4) is 0 Å². The van der Waals surface area contributed by atoms with Crippen molar-refractivity contribution in [1.82, 2.24) is 10.3 Å². The number of carbonyl (C=O) groups is 1. The first-order valence-corrected chi connectivity index (χ1v) is 7.27. The molecule has 1 aromatic heterocycles. The molecule has 4 nitrogen and oxygen atoms in total. The number of thioether (sulfide) groups is 1. The van der Waals surface area contributed by atoms with Gasteiger partial charge in [0.15, 0.2) is 0 Å². The van der Waals surface area contributed by atoms with Crippen molar-refractivity contribution < 1.29 is 23.1 Å². The van der Waals surface area contributed by atoms with Crippen molar-refractivity contribution in [3.63, 3.8) is 0 Å². The number of alkyl halides is 3. The maximum absolute atomic E-state index is 12.4. The second-order valence-electron chi connectivity index (χ2n) is 5.00. The number of aromatic nitrogens is 1. The van der Waals surface area contributed by atoms with Crippen molar-refractivity contribution in [2.75, 3.05) is 7.05 Å². The lowest BCUT2D eigenvalue weighted by Gasteiger charge is -2.23. The van der Waals surface area contributed by atoms with Gasteiger partial charge >= 0.3 is 12.1 Å². The predicted molar refractivity (Wildman–Crippen MR) is 72.2 cm³/mol. The molecule has 8 heteroatoms. The Balaban J connectivity index is 2.02. The molecule has 0 saturated heterocycles. The number of carboxylic acids is 1. The first kappa shape index (κ1) is 16.1. The molecule has 2 atom stereocenters. The minimum absolute atomic E-state index is 0.0257. The number of likely N-dealkylation sites (N-methyl/N-ethyl adjacent to an activating group) is 1. The third-order valence-electron chi connectivity index (χ3n) is 3.71. The van der Waals surface area contributed by atoms with Crippen LogP contribution < -0.4 is 5.32 Å². The monoisotopic (exact) mass is 320 g/mol. The number of nitrogens with one attached hydrogen (secondary N) is 1. The van der Waals surface area contributed by atoms with E-state index < -0.39 is 23.2 Å². The van der Waals surface area contributed by atoms with Crippen LogP contribution >= 0.6 is 11.8 Å². The first-order chi connectivity index (χ1) is 9.77. The third kappa shape index (κ3) is 3.49. The molecule has 0 radical (unpaired) electrons. The average molecular weight is 320 g/mol. The van der Waals surface area contributed by atoms with E-state index in [2.05, 4.69) is 10.3 Å². The van der Waals surface area contributed by atoms with Gasteiger partial charge in [-0.1, -0.05) is 0 Å². The highest BCUT2D eigenvalue weighted by atomic mass is 32.2. The van der Waals surface area contributed by atoms with E-state index in [-0.39, 0.29) is 5.25 Å². The number of aliphatic carboxylic acids is 1. The first-order valence-electron chi connectivity index (χ1n) is 6.39. The molecule has 2 rings (SSSR count). The molecular weight excluding hydrogens is 305 g/mol. The Morgan fingerprint density at radius 3 is 2.67 bits per heavy atom. The quantitative estimate of drug-likeness (QED) is 0.893. The van der Waals surface area contributed by atoms with Crippen LogP contribution in [-0.4, -0.2) is 33.9 Å². The largest absolute Gasteiger partial charge is 0.480 e. The molecule has 1 aliphatic rings. The van der Waals surface area contributed by atoms with Gasteiger partial charge in [0.2, 0.25) is 0 Å². The molecule has 1 aliphatic carbocycles. The van der Waals surface area contributed by atoms with Crippen LogP contribution in [0.25, 0.3) is 0 Å². The standard InChI is InChI=1S/C13H15F3N2O2S/c1-17-12(11(19)20)5-4-9(6-12)21-10-3-2-8(7-18-10)13(14,15)16/h2-3,7,9,17H,4-6H2,1H3,(H,19,20). The topological polar surface area (TPSA) is 62.2 Å². The highest BCUT2D eigenvalue weighted by molar-refractivity contribution is 7.99. The number of pyridine rings is 1. The fraction of sp³-hybridized carbons (Fsp3) is 0.538. The molecule has 1 saturated carbocycles. The Morgan fingerprint density at radius 2 is 2.24 bits per heavy atom. The van der Waals surface area contributed by atoms with Gasteiger partial charge in [-0.05, 0) is 38.4 Å². The Hall–Kier alpha value is -1.28. The number of carboxylic acid groups (broad SMARTS) is 1. The maximum atomic E-state index is 12.4. The fourth-order valence-corrected chi connectivity index (χ4v) is 3.62. The number of hydrogen-bond acceptors (Lipinski definition) is 4. The van der Waals surface area contributed by atoms with E-state index in [1.807, 2.05) is 0 Å². The number of halogens is 3. The van der Waals surface area contributed by atoms with Crippen molar-refractivity contribution in [1.29, 1.82) is 0 Å². The molecule has 0 bridgehead atoms. The Kier molecular flexibility index (Phi) is 4.48. The summed E-state index contributed by atoms with van der Waals surface area (Å²) in [6.07, 6.45) is -1.99. The molecular formula is C13H15F3N2O2S. The Morgan fingerprint density at radius 1 is 1.52 bits per heavy atom. The smallest absolute Gasteiger partial charge is 0.417 e. The highest BCUT2D eigenvalue weighted by Gasteiger charge is 2.44. The lowest BCUT2D eigenvalue weighted by Crippen LogP contribution is -2.48. The van der Waals surface area contributed by atoms with Crippen molar-refractivity contribution >= 4 is 17.7 Å². The van der Waals surface area contributed by atoms with Gasteiger partial charge in [0, 0.05) is 11.4 Å². The van der Waals surface area contributed by atoms with E-state index in [4.69, 9.17) is 0 Å². The van der Waals surface area contributed by atoms with E-state index in [0.717, 1.165) is 12.3 Å². The van der Waals surface area contributed by atoms with Gasteiger partial charge < -0.3 is 10.4 Å². The lowest BCUT2D eigenvalue weighted by molar-refractivity contribution is -0.144. The van der Waals surface area contributed by atoms with Crippen molar-refractivity contribution in [2.45, 2.75) is 41.3 Å². The summed E-state index contributed by atoms with van der Waals surface area (Å²) < 4.78 is 37.3. The van der Waals surface area contributed by atoms with Crippen LogP contribution in [0.2, 0.25) is 0 Å². The van der Waals surface area contributed by atoms with E-state index in [1.165, 1.54) is 17.8 Å². The number of hydrogen-bond donors (Lipinski definition) is 2. The lowest BCUT2D eigenvalue weighted by atomic mass is 9.99. The number of rotatable bonds is 4. The van der Waals surface area contributed by atoms with Gasteiger partial charge in [-0.3, -0.25) is 4.79 Å². The molecule has 21 heavy (non-hydrogen) atoms. The van der Waals surface area contributed by atoms with E-state index in [0.29, 0.717) is 24.3 Å². The van der Waals surface area contributed by atoms with Crippen molar-refractivity contribution in [2.24, 2.45) is 0 Å². The minimum Gasteiger partial charge on any atom is -0.480 e. The van der Waals surface area contributed by atoms with Gasteiger partial charge in [0.25, 0.3) is 0 Å². The zero-order valence-corrected chi connectivity index (χ0v) is 12.1. The minimum atomic E-state index is -4.39. The molecule has 0 amide bonds. The predicted octanol–water partition coefficient (Wildman–Crippen LogP) is 2.79. The zero-order valence-electron chi connectivity index (χ0n) is 11.3. The SMILES string of the molecule is CNC1(C(=O)O)CCC(Sc2ccc(C(F)(F)F)cn2)C1. The van der Waals surface area contributed by atoms with Crippen LogP contribution in [0.1, 0.15) is 24.8 Å². The summed E-state index contributed by atoms with van der Waals surface area (Å²) in [4.78, 5) is 15.1. The van der Waals surface area contributed by atoms with Crippen molar-refractivity contribution in [3.05, 3.63) is 23.9 Å². The summed E-state index contributed by atoms with van der Waals surface area (Å²) in [6, 6.07) is 2.32. The Bertz CT molecular complexity index is 521. The van der Waals surface area contributed by atoms with Gasteiger partial charge in [0.05, 0.1) is 10.6 Å². The summed E-state index contributed by atoms with van der Waals surface area (Å²) in [5, 5.41) is 12.6. The van der Waals surface area contributed by atoms with Crippen LogP contribution in [-0.2, 0) is 11.0 Å². The van der Waals surface area contributed by atoms with Gasteiger partial charge in [-0.2, -0.15) is 13.2 Å². The molecule has 0 aromatic carbocycles. The van der Waals surface area contributed by atoms with E-state index in [1.54, 1.807) is 7.05 Å². The molecule has 0 aliphatic heterocycles. The summed E-state index contributed by atoms with van der Waals surface area (Å²) in [5.74, 6) is -0.895. The second-order valence-corrected chi connectivity index (χ2v) is 6.32. The average Bonchev–Trinajstić information content (AvgIpc) is 2.83. The molecule has 1 aromatic rings. The highest BCUT2D eigenvalue weighted by Crippen LogP contribution is 2.40. The second kappa shape index (κ2) is 5.84. The molecule has 2 N–H and O–H groups in total. The zero-order chi connectivity index (χ0) is 15.7. The van der Waals surface area contributed by atoms with Crippen LogP contribution in [0.15, 0.2) is 23.4 Å². The van der Waals surface area contributed by atoms with E-state index in [9.17, 15) is 23.1 Å². The summed E-state index contributed by atoms with van der Waals surface area (Å²) >= 11 is 1.32. The molecule has 2 unspecified atom stereocenters.